The molecule has 24 heavy (non-hydrogen) atoms. The molecule has 8 nitrogen and oxygen atoms in total. The first-order valence-electron chi connectivity index (χ1n) is 7.59. The first-order valence-corrected chi connectivity index (χ1v) is 7.59. The number of methoxy groups -OCH3 is 1. The van der Waals surface area contributed by atoms with E-state index in [1.807, 2.05) is 25.1 Å². The fraction of sp³-hybridized carbons (Fsp3) is 0.438. The molecule has 1 unspecified atom stereocenters. The van der Waals surface area contributed by atoms with E-state index in [4.69, 9.17) is 4.74 Å². The van der Waals surface area contributed by atoms with Crippen LogP contribution >= 0.6 is 0 Å². The zero-order chi connectivity index (χ0) is 17.5. The Morgan fingerprint density at radius 2 is 2.04 bits per heavy atom. The number of likely N-dealkylation sites (N-methyl/N-ethyl adjacent to an activating group) is 1. The number of carbonyl (C=O) groups is 3. The summed E-state index contributed by atoms with van der Waals surface area (Å²) in [6.45, 7) is 0.788. The Morgan fingerprint density at radius 3 is 2.62 bits per heavy atom. The highest BCUT2D eigenvalue weighted by Crippen LogP contribution is 2.28. The summed E-state index contributed by atoms with van der Waals surface area (Å²) in [6, 6.07) is 4.74. The van der Waals surface area contributed by atoms with E-state index in [0.29, 0.717) is 24.4 Å². The summed E-state index contributed by atoms with van der Waals surface area (Å²) in [5, 5.41) is 4.95. The van der Waals surface area contributed by atoms with Crippen LogP contribution in [0.5, 0.6) is 5.75 Å². The third kappa shape index (κ3) is 2.69. The van der Waals surface area contributed by atoms with Gasteiger partial charge in [-0.15, -0.1) is 0 Å². The minimum atomic E-state index is -1.15. The highest BCUT2D eigenvalue weighted by atomic mass is 16.5. The second-order valence-electron chi connectivity index (χ2n) is 6.41. The van der Waals surface area contributed by atoms with Gasteiger partial charge in [0, 0.05) is 18.7 Å². The number of nitrogens with zero attached hydrogens (tertiary/aromatic N) is 2. The lowest BCUT2D eigenvalue weighted by Gasteiger charge is -2.32. The predicted molar refractivity (Wildman–Crippen MR) is 85.7 cm³/mol. The normalized spacial score (nSPS) is 22.7. The number of imide groups is 1. The van der Waals surface area contributed by atoms with Gasteiger partial charge in [-0.25, -0.2) is 4.79 Å². The number of rotatable bonds is 5. The van der Waals surface area contributed by atoms with Gasteiger partial charge in [0.25, 0.3) is 11.8 Å². The number of fused-ring (bicyclic) bond motifs is 1. The molecule has 0 saturated carbocycles. The second-order valence-corrected chi connectivity index (χ2v) is 6.41. The summed E-state index contributed by atoms with van der Waals surface area (Å²) in [5.41, 5.74) is 0.298. The molecule has 2 aliphatic rings. The third-order valence-corrected chi connectivity index (χ3v) is 4.25. The van der Waals surface area contributed by atoms with E-state index in [0.717, 1.165) is 5.56 Å². The van der Waals surface area contributed by atoms with E-state index < -0.39 is 17.5 Å². The number of amides is 4. The maximum absolute atomic E-state index is 12.6. The van der Waals surface area contributed by atoms with Crippen LogP contribution in [0.2, 0.25) is 0 Å². The summed E-state index contributed by atoms with van der Waals surface area (Å²) in [6.07, 6.45) is 0. The van der Waals surface area contributed by atoms with Crippen LogP contribution in [0.15, 0.2) is 18.2 Å². The standard InChI is InChI=1S/C16H20N4O4/c1-19(2)8-16(14(22)17-15(23)18-16)9-20-7-10-6-11(24-3)4-5-12(10)13(20)21/h4-6H,7-9H2,1-3H3,(H2,17,18,22,23). The van der Waals surface area contributed by atoms with Crippen LogP contribution in [0.3, 0.4) is 0 Å². The summed E-state index contributed by atoms with van der Waals surface area (Å²) in [7, 11) is 5.19. The zero-order valence-corrected chi connectivity index (χ0v) is 13.9. The topological polar surface area (TPSA) is 91.0 Å². The molecule has 0 spiro atoms. The Labute approximate surface area is 139 Å². The zero-order valence-electron chi connectivity index (χ0n) is 13.9. The van der Waals surface area contributed by atoms with Gasteiger partial charge in [-0.1, -0.05) is 0 Å². The Bertz CT molecular complexity index is 718. The van der Waals surface area contributed by atoms with Crippen LogP contribution < -0.4 is 15.4 Å². The number of benzene rings is 1. The molecule has 8 heteroatoms. The van der Waals surface area contributed by atoms with Gasteiger partial charge >= 0.3 is 6.03 Å². The molecule has 0 aromatic heterocycles. The monoisotopic (exact) mass is 332 g/mol. The summed E-state index contributed by atoms with van der Waals surface area (Å²) in [4.78, 5) is 40.0. The van der Waals surface area contributed by atoms with Crippen molar-refractivity contribution in [3.8, 4) is 5.75 Å². The third-order valence-electron chi connectivity index (χ3n) is 4.25. The number of nitrogens with one attached hydrogen (secondary N) is 2. The molecule has 1 saturated heterocycles. The molecular formula is C16H20N4O4. The molecule has 0 bridgehead atoms. The van der Waals surface area contributed by atoms with E-state index >= 15 is 0 Å². The Hall–Kier alpha value is -2.61. The SMILES string of the molecule is COc1ccc2c(c1)CN(CC1(CN(C)C)NC(=O)NC1=O)C2=O. The molecule has 0 radical (unpaired) electrons. The lowest BCUT2D eigenvalue weighted by Crippen LogP contribution is -2.60. The van der Waals surface area contributed by atoms with Crippen LogP contribution in [-0.4, -0.2) is 67.5 Å². The van der Waals surface area contributed by atoms with E-state index in [2.05, 4.69) is 10.6 Å². The number of hydrogen-bond donors (Lipinski definition) is 2. The van der Waals surface area contributed by atoms with Gasteiger partial charge in [-0.05, 0) is 37.9 Å². The molecule has 128 valence electrons. The first kappa shape index (κ1) is 16.3. The Balaban J connectivity index is 1.85. The summed E-state index contributed by atoms with van der Waals surface area (Å²) >= 11 is 0. The molecule has 2 aliphatic heterocycles. The molecule has 2 heterocycles. The van der Waals surface area contributed by atoms with Gasteiger partial charge in [-0.2, -0.15) is 0 Å². The molecule has 1 fully saturated rings. The summed E-state index contributed by atoms with van der Waals surface area (Å²) in [5.74, 6) is 0.112. The fourth-order valence-electron chi connectivity index (χ4n) is 3.28. The highest BCUT2D eigenvalue weighted by molar-refractivity contribution is 6.08. The molecule has 1 aromatic rings. The fourth-order valence-corrected chi connectivity index (χ4v) is 3.28. The van der Waals surface area contributed by atoms with E-state index in [-0.39, 0.29) is 12.5 Å². The van der Waals surface area contributed by atoms with Crippen LogP contribution in [-0.2, 0) is 11.3 Å². The van der Waals surface area contributed by atoms with Gasteiger partial charge in [0.05, 0.1) is 13.7 Å². The van der Waals surface area contributed by atoms with E-state index in [9.17, 15) is 14.4 Å². The quantitative estimate of drug-likeness (QED) is 0.728. The van der Waals surface area contributed by atoms with Crippen molar-refractivity contribution in [2.45, 2.75) is 12.1 Å². The van der Waals surface area contributed by atoms with Crippen molar-refractivity contribution < 1.29 is 19.1 Å². The molecule has 1 atom stereocenters. The molecule has 0 aliphatic carbocycles. The minimum Gasteiger partial charge on any atom is -0.497 e. The van der Waals surface area contributed by atoms with Crippen LogP contribution in [0, 0.1) is 0 Å². The van der Waals surface area contributed by atoms with Crippen molar-refractivity contribution >= 4 is 17.8 Å². The molecule has 3 rings (SSSR count). The van der Waals surface area contributed by atoms with Crippen molar-refractivity contribution in [1.82, 2.24) is 20.4 Å². The molecular weight excluding hydrogens is 312 g/mol. The first-order chi connectivity index (χ1) is 11.3. The van der Waals surface area contributed by atoms with Gasteiger partial charge in [0.15, 0.2) is 5.54 Å². The van der Waals surface area contributed by atoms with Gasteiger partial charge in [0.1, 0.15) is 5.75 Å². The van der Waals surface area contributed by atoms with Crippen LogP contribution in [0.1, 0.15) is 15.9 Å². The number of hydrogen-bond acceptors (Lipinski definition) is 5. The number of urea groups is 1. The van der Waals surface area contributed by atoms with Gasteiger partial charge in [-0.3, -0.25) is 14.9 Å². The maximum Gasteiger partial charge on any atom is 0.322 e. The molecule has 2 N–H and O–H groups in total. The minimum absolute atomic E-state index is 0.110. The van der Waals surface area contributed by atoms with Crippen LogP contribution in [0.4, 0.5) is 4.79 Å². The Kier molecular flexibility index (Phi) is 3.92. The average Bonchev–Trinajstić information content (AvgIpc) is 2.95. The lowest BCUT2D eigenvalue weighted by atomic mass is 9.98. The largest absolute Gasteiger partial charge is 0.497 e. The predicted octanol–water partition coefficient (Wildman–Crippen LogP) is -0.209. The second kappa shape index (κ2) is 5.79. The van der Waals surface area contributed by atoms with Crippen molar-refractivity contribution in [2.24, 2.45) is 0 Å². The van der Waals surface area contributed by atoms with Crippen molar-refractivity contribution in [1.29, 1.82) is 0 Å². The van der Waals surface area contributed by atoms with Crippen molar-refractivity contribution in [3.63, 3.8) is 0 Å². The molecule has 1 aromatic carbocycles. The lowest BCUT2D eigenvalue weighted by molar-refractivity contribution is -0.125. The van der Waals surface area contributed by atoms with E-state index in [1.165, 1.54) is 0 Å². The average molecular weight is 332 g/mol. The Morgan fingerprint density at radius 1 is 1.29 bits per heavy atom. The molecule has 4 amide bonds. The summed E-state index contributed by atoms with van der Waals surface area (Å²) < 4.78 is 5.19. The van der Waals surface area contributed by atoms with Crippen molar-refractivity contribution in [2.75, 3.05) is 34.3 Å². The van der Waals surface area contributed by atoms with Crippen molar-refractivity contribution in [3.05, 3.63) is 29.3 Å². The number of carbonyl (C=O) groups excluding carboxylic acids is 3. The smallest absolute Gasteiger partial charge is 0.322 e. The van der Waals surface area contributed by atoms with Crippen LogP contribution in [0.25, 0.3) is 0 Å². The highest BCUT2D eigenvalue weighted by Gasteiger charge is 2.49. The van der Waals surface area contributed by atoms with E-state index in [1.54, 1.807) is 24.1 Å². The number of ether oxygens (including phenoxy) is 1. The maximum atomic E-state index is 12.6. The van der Waals surface area contributed by atoms with Gasteiger partial charge < -0.3 is 19.9 Å². The van der Waals surface area contributed by atoms with Gasteiger partial charge in [0.2, 0.25) is 0 Å².